The Hall–Kier alpha value is -2.80. The average molecular weight is 384 g/mol. The predicted molar refractivity (Wildman–Crippen MR) is 95.7 cm³/mol. The number of carbonyl (C=O) groups is 1. The van der Waals surface area contributed by atoms with Gasteiger partial charge in [-0.25, -0.2) is 0 Å². The molecule has 0 atom stereocenters. The number of nitrogens with one attached hydrogen (secondary N) is 2. The first-order valence-electron chi connectivity index (χ1n) is 7.25. The van der Waals surface area contributed by atoms with Crippen molar-refractivity contribution in [3.63, 3.8) is 0 Å². The molecule has 0 spiro atoms. The summed E-state index contributed by atoms with van der Waals surface area (Å²) < 4.78 is 0.889. The fourth-order valence-corrected chi connectivity index (χ4v) is 2.39. The van der Waals surface area contributed by atoms with Crippen LogP contribution < -0.4 is 10.6 Å². The van der Waals surface area contributed by atoms with Crippen molar-refractivity contribution in [3.8, 4) is 0 Å². The first kappa shape index (κ1) is 16.1. The number of hydrogen-bond acceptors (Lipinski definition) is 5. The maximum atomic E-state index is 12.2. The summed E-state index contributed by atoms with van der Waals surface area (Å²) in [5.41, 5.74) is 1.84. The summed E-state index contributed by atoms with van der Waals surface area (Å²) in [5, 5.41) is 13.9. The van der Waals surface area contributed by atoms with Crippen LogP contribution in [-0.4, -0.2) is 21.1 Å². The van der Waals surface area contributed by atoms with Crippen molar-refractivity contribution < 1.29 is 4.79 Å². The van der Waals surface area contributed by atoms with E-state index < -0.39 is 0 Å². The average Bonchev–Trinajstić information content (AvgIpc) is 2.61. The van der Waals surface area contributed by atoms with E-state index in [0.29, 0.717) is 18.1 Å². The Morgan fingerprint density at radius 1 is 1.04 bits per heavy atom. The smallest absolute Gasteiger partial charge is 0.276 e. The Morgan fingerprint density at radius 2 is 1.96 bits per heavy atom. The molecule has 24 heavy (non-hydrogen) atoms. The molecule has 0 radical (unpaired) electrons. The molecule has 6 nitrogen and oxygen atoms in total. The number of anilines is 2. The summed E-state index contributed by atoms with van der Waals surface area (Å²) in [6.07, 6.45) is 1.73. The monoisotopic (exact) mass is 383 g/mol. The van der Waals surface area contributed by atoms with Crippen LogP contribution in [0.5, 0.6) is 0 Å². The third-order valence-corrected chi connectivity index (χ3v) is 3.65. The number of rotatable bonds is 5. The van der Waals surface area contributed by atoms with Gasteiger partial charge in [0.05, 0.1) is 12.2 Å². The van der Waals surface area contributed by atoms with Crippen LogP contribution in [0, 0.1) is 0 Å². The van der Waals surface area contributed by atoms with E-state index in [1.807, 2.05) is 36.4 Å². The Balaban J connectivity index is 1.60. The van der Waals surface area contributed by atoms with E-state index >= 15 is 0 Å². The first-order chi connectivity index (χ1) is 11.7. The Morgan fingerprint density at radius 3 is 2.67 bits per heavy atom. The molecule has 0 saturated heterocycles. The normalized spacial score (nSPS) is 10.2. The van der Waals surface area contributed by atoms with E-state index in [1.54, 1.807) is 24.4 Å². The third-order valence-electron chi connectivity index (χ3n) is 3.16. The fraction of sp³-hybridized carbons (Fsp3) is 0.0588. The SMILES string of the molecule is O=C(Nc1cccc(Br)c1)c1ccc(NCc2ccccn2)nn1. The summed E-state index contributed by atoms with van der Waals surface area (Å²) in [7, 11) is 0. The van der Waals surface area contributed by atoms with Gasteiger partial charge in [0.2, 0.25) is 0 Å². The van der Waals surface area contributed by atoms with E-state index in [0.717, 1.165) is 10.2 Å². The van der Waals surface area contributed by atoms with Crippen LogP contribution in [0.2, 0.25) is 0 Å². The topological polar surface area (TPSA) is 79.8 Å². The van der Waals surface area contributed by atoms with Crippen LogP contribution >= 0.6 is 15.9 Å². The zero-order valence-corrected chi connectivity index (χ0v) is 14.2. The summed E-state index contributed by atoms with van der Waals surface area (Å²) in [6, 6.07) is 16.4. The van der Waals surface area contributed by atoms with Crippen molar-refractivity contribution in [1.29, 1.82) is 0 Å². The van der Waals surface area contributed by atoms with Gasteiger partial charge in [-0.1, -0.05) is 28.1 Å². The number of hydrogen-bond donors (Lipinski definition) is 2. The van der Waals surface area contributed by atoms with E-state index in [1.165, 1.54) is 0 Å². The molecular formula is C17H14BrN5O. The Labute approximate surface area is 147 Å². The summed E-state index contributed by atoms with van der Waals surface area (Å²) in [6.45, 7) is 0.541. The van der Waals surface area contributed by atoms with Gasteiger partial charge in [-0.3, -0.25) is 9.78 Å². The molecule has 2 aromatic heterocycles. The van der Waals surface area contributed by atoms with Gasteiger partial charge in [-0.05, 0) is 42.5 Å². The molecule has 3 aromatic rings. The van der Waals surface area contributed by atoms with Crippen LogP contribution in [0.3, 0.4) is 0 Å². The van der Waals surface area contributed by atoms with Crippen molar-refractivity contribution in [3.05, 3.63) is 76.7 Å². The molecule has 0 saturated carbocycles. The van der Waals surface area contributed by atoms with E-state index in [-0.39, 0.29) is 11.6 Å². The second-order valence-corrected chi connectivity index (χ2v) is 5.86. The van der Waals surface area contributed by atoms with E-state index in [9.17, 15) is 4.79 Å². The molecule has 7 heteroatoms. The van der Waals surface area contributed by atoms with Gasteiger partial charge in [0, 0.05) is 16.4 Å². The summed E-state index contributed by atoms with van der Waals surface area (Å²) in [4.78, 5) is 16.4. The van der Waals surface area contributed by atoms with Crippen LogP contribution in [0.4, 0.5) is 11.5 Å². The van der Waals surface area contributed by atoms with Crippen molar-refractivity contribution in [2.75, 3.05) is 10.6 Å². The van der Waals surface area contributed by atoms with Gasteiger partial charge in [-0.15, -0.1) is 10.2 Å². The highest BCUT2D eigenvalue weighted by molar-refractivity contribution is 9.10. The largest absolute Gasteiger partial charge is 0.363 e. The fourth-order valence-electron chi connectivity index (χ4n) is 1.99. The molecule has 0 aliphatic rings. The molecular weight excluding hydrogens is 370 g/mol. The maximum absolute atomic E-state index is 12.2. The lowest BCUT2D eigenvalue weighted by molar-refractivity contribution is 0.102. The van der Waals surface area contributed by atoms with Crippen molar-refractivity contribution in [2.24, 2.45) is 0 Å². The number of carbonyl (C=O) groups excluding carboxylic acids is 1. The number of pyridine rings is 1. The molecule has 0 unspecified atom stereocenters. The number of nitrogens with zero attached hydrogens (tertiary/aromatic N) is 3. The van der Waals surface area contributed by atoms with Gasteiger partial charge < -0.3 is 10.6 Å². The van der Waals surface area contributed by atoms with Crippen LogP contribution in [0.15, 0.2) is 65.3 Å². The lowest BCUT2D eigenvalue weighted by Gasteiger charge is -2.06. The molecule has 0 aliphatic carbocycles. The first-order valence-corrected chi connectivity index (χ1v) is 8.04. The molecule has 2 N–H and O–H groups in total. The molecule has 2 heterocycles. The maximum Gasteiger partial charge on any atom is 0.276 e. The predicted octanol–water partition coefficient (Wildman–Crippen LogP) is 3.50. The van der Waals surface area contributed by atoms with Gasteiger partial charge in [-0.2, -0.15) is 0 Å². The standard InChI is InChI=1S/C17H14BrN5O/c18-12-4-3-6-13(10-12)21-17(24)15-7-8-16(23-22-15)20-11-14-5-1-2-9-19-14/h1-10H,11H2,(H,20,23)(H,21,24). The van der Waals surface area contributed by atoms with Crippen molar-refractivity contribution in [2.45, 2.75) is 6.54 Å². The Kier molecular flexibility index (Phi) is 5.12. The van der Waals surface area contributed by atoms with Crippen LogP contribution in [-0.2, 0) is 6.54 Å². The van der Waals surface area contributed by atoms with Gasteiger partial charge in [0.25, 0.3) is 5.91 Å². The Bertz CT molecular complexity index is 824. The highest BCUT2D eigenvalue weighted by Gasteiger charge is 2.09. The second-order valence-electron chi connectivity index (χ2n) is 4.94. The number of halogens is 1. The summed E-state index contributed by atoms with van der Waals surface area (Å²) >= 11 is 3.36. The van der Waals surface area contributed by atoms with E-state index in [4.69, 9.17) is 0 Å². The quantitative estimate of drug-likeness (QED) is 0.704. The molecule has 3 rings (SSSR count). The van der Waals surface area contributed by atoms with Gasteiger partial charge >= 0.3 is 0 Å². The third kappa shape index (κ3) is 4.36. The molecule has 1 aromatic carbocycles. The zero-order chi connectivity index (χ0) is 16.8. The lowest BCUT2D eigenvalue weighted by atomic mass is 10.3. The molecule has 120 valence electrons. The van der Waals surface area contributed by atoms with Gasteiger partial charge in [0.15, 0.2) is 5.69 Å². The minimum absolute atomic E-state index is 0.248. The van der Waals surface area contributed by atoms with Crippen LogP contribution in [0.25, 0.3) is 0 Å². The summed E-state index contributed by atoms with van der Waals surface area (Å²) in [5.74, 6) is 0.275. The number of aromatic nitrogens is 3. The molecule has 0 bridgehead atoms. The molecule has 0 fully saturated rings. The van der Waals surface area contributed by atoms with E-state index in [2.05, 4.69) is 41.7 Å². The van der Waals surface area contributed by atoms with Crippen molar-refractivity contribution in [1.82, 2.24) is 15.2 Å². The lowest BCUT2D eigenvalue weighted by Crippen LogP contribution is -2.15. The highest BCUT2D eigenvalue weighted by atomic mass is 79.9. The zero-order valence-electron chi connectivity index (χ0n) is 12.6. The minimum Gasteiger partial charge on any atom is -0.363 e. The van der Waals surface area contributed by atoms with Crippen molar-refractivity contribution >= 4 is 33.3 Å². The molecule has 0 aliphatic heterocycles. The second kappa shape index (κ2) is 7.65. The number of amides is 1. The van der Waals surface area contributed by atoms with Crippen LogP contribution in [0.1, 0.15) is 16.2 Å². The molecule has 1 amide bonds. The highest BCUT2D eigenvalue weighted by Crippen LogP contribution is 2.16. The van der Waals surface area contributed by atoms with Gasteiger partial charge in [0.1, 0.15) is 5.82 Å². The number of benzene rings is 1. The minimum atomic E-state index is -0.308.